The highest BCUT2D eigenvalue weighted by Crippen LogP contribution is 2.16. The van der Waals surface area contributed by atoms with E-state index < -0.39 is 11.9 Å². The summed E-state index contributed by atoms with van der Waals surface area (Å²) in [6, 6.07) is -0.301. The van der Waals surface area contributed by atoms with Gasteiger partial charge in [0.15, 0.2) is 0 Å². The summed E-state index contributed by atoms with van der Waals surface area (Å²) in [5.74, 6) is -1.49. The number of carbonyl (C=O) groups is 3. The van der Waals surface area contributed by atoms with Gasteiger partial charge in [-0.2, -0.15) is 0 Å². The first-order valence-electron chi connectivity index (χ1n) is 6.00. The number of nitrogens with zero attached hydrogens (tertiary/aromatic N) is 1. The third-order valence-corrected chi connectivity index (χ3v) is 2.96. The van der Waals surface area contributed by atoms with Gasteiger partial charge in [0.05, 0.1) is 5.92 Å². The summed E-state index contributed by atoms with van der Waals surface area (Å²) in [7, 11) is 1.53. The number of carboxylic acid groups (broad SMARTS) is 1. The highest BCUT2D eigenvalue weighted by Gasteiger charge is 2.27. The molecule has 1 aliphatic heterocycles. The SMILES string of the molecule is CNC(=O)CCNC(=O)N1CCCC(C(=O)O)C1. The van der Waals surface area contributed by atoms with E-state index in [4.69, 9.17) is 5.11 Å². The number of nitrogens with one attached hydrogen (secondary N) is 2. The highest BCUT2D eigenvalue weighted by molar-refractivity contribution is 5.78. The summed E-state index contributed by atoms with van der Waals surface area (Å²) in [4.78, 5) is 35.0. The Morgan fingerprint density at radius 3 is 2.72 bits per heavy atom. The lowest BCUT2D eigenvalue weighted by molar-refractivity contribution is -0.143. The Balaban J connectivity index is 2.32. The van der Waals surface area contributed by atoms with E-state index in [9.17, 15) is 14.4 Å². The van der Waals surface area contributed by atoms with Gasteiger partial charge in [0.1, 0.15) is 0 Å². The molecule has 1 rings (SSSR count). The van der Waals surface area contributed by atoms with Gasteiger partial charge in [-0.25, -0.2) is 4.79 Å². The first-order valence-corrected chi connectivity index (χ1v) is 6.00. The molecule has 0 aromatic carbocycles. The summed E-state index contributed by atoms with van der Waals surface area (Å²) in [5, 5.41) is 14.0. The predicted octanol–water partition coefficient (Wildman–Crippen LogP) is -0.371. The van der Waals surface area contributed by atoms with Gasteiger partial charge in [-0.1, -0.05) is 0 Å². The number of urea groups is 1. The molecular weight excluding hydrogens is 238 g/mol. The van der Waals surface area contributed by atoms with Crippen molar-refractivity contribution in [3.05, 3.63) is 0 Å². The fourth-order valence-corrected chi connectivity index (χ4v) is 1.88. The molecule has 1 atom stereocenters. The molecule has 7 heteroatoms. The van der Waals surface area contributed by atoms with E-state index in [2.05, 4.69) is 10.6 Å². The van der Waals surface area contributed by atoms with Crippen molar-refractivity contribution in [2.45, 2.75) is 19.3 Å². The number of piperidine rings is 1. The second-order valence-electron chi connectivity index (χ2n) is 4.28. The molecular formula is C11H19N3O4. The van der Waals surface area contributed by atoms with Gasteiger partial charge in [-0.3, -0.25) is 9.59 Å². The standard InChI is InChI=1S/C11H19N3O4/c1-12-9(15)4-5-13-11(18)14-6-2-3-8(7-14)10(16)17/h8H,2-7H2,1H3,(H,12,15)(H,13,18)(H,16,17). The average molecular weight is 257 g/mol. The number of hydrogen-bond acceptors (Lipinski definition) is 3. The van der Waals surface area contributed by atoms with Gasteiger partial charge in [-0.05, 0) is 12.8 Å². The maximum Gasteiger partial charge on any atom is 0.317 e. The molecule has 0 radical (unpaired) electrons. The fourth-order valence-electron chi connectivity index (χ4n) is 1.88. The minimum atomic E-state index is -0.863. The lowest BCUT2D eigenvalue weighted by Gasteiger charge is -2.30. The zero-order chi connectivity index (χ0) is 13.5. The molecule has 0 aromatic rings. The summed E-state index contributed by atoms with van der Waals surface area (Å²) in [5.41, 5.74) is 0. The fraction of sp³-hybridized carbons (Fsp3) is 0.727. The molecule has 0 bridgehead atoms. The second kappa shape index (κ2) is 6.83. The van der Waals surface area contributed by atoms with Crippen molar-refractivity contribution in [1.82, 2.24) is 15.5 Å². The lowest BCUT2D eigenvalue weighted by Crippen LogP contribution is -2.47. The molecule has 3 N–H and O–H groups in total. The van der Waals surface area contributed by atoms with Crippen molar-refractivity contribution >= 4 is 17.9 Å². The summed E-state index contributed by atoms with van der Waals surface area (Å²) < 4.78 is 0. The van der Waals surface area contributed by atoms with Crippen LogP contribution in [0, 0.1) is 5.92 Å². The molecule has 0 saturated carbocycles. The maximum absolute atomic E-state index is 11.7. The summed E-state index contributed by atoms with van der Waals surface area (Å²) >= 11 is 0. The van der Waals surface area contributed by atoms with Gasteiger partial charge in [0, 0.05) is 33.1 Å². The van der Waals surface area contributed by atoms with Crippen LogP contribution in [0.5, 0.6) is 0 Å². The lowest BCUT2D eigenvalue weighted by atomic mass is 9.99. The van der Waals surface area contributed by atoms with Crippen molar-refractivity contribution < 1.29 is 19.5 Å². The highest BCUT2D eigenvalue weighted by atomic mass is 16.4. The maximum atomic E-state index is 11.7. The molecule has 0 aromatic heterocycles. The van der Waals surface area contributed by atoms with Gasteiger partial charge in [0.2, 0.25) is 5.91 Å². The van der Waals surface area contributed by atoms with Crippen molar-refractivity contribution in [3.8, 4) is 0 Å². The number of hydrogen-bond donors (Lipinski definition) is 3. The zero-order valence-corrected chi connectivity index (χ0v) is 10.4. The third kappa shape index (κ3) is 4.23. The van der Waals surface area contributed by atoms with E-state index in [1.54, 1.807) is 0 Å². The average Bonchev–Trinajstić information content (AvgIpc) is 2.38. The molecule has 7 nitrogen and oxygen atoms in total. The first kappa shape index (κ1) is 14.3. The first-order chi connectivity index (χ1) is 8.54. The normalized spacial score (nSPS) is 19.2. The summed E-state index contributed by atoms with van der Waals surface area (Å²) in [6.45, 7) is 1.06. The Morgan fingerprint density at radius 1 is 1.39 bits per heavy atom. The van der Waals surface area contributed by atoms with Crippen LogP contribution in [-0.2, 0) is 9.59 Å². The van der Waals surface area contributed by atoms with E-state index in [1.807, 2.05) is 0 Å². The number of likely N-dealkylation sites (tertiary alicyclic amines) is 1. The van der Waals surface area contributed by atoms with E-state index in [-0.39, 0.29) is 31.4 Å². The largest absolute Gasteiger partial charge is 0.481 e. The van der Waals surface area contributed by atoms with Crippen LogP contribution in [0.3, 0.4) is 0 Å². The quantitative estimate of drug-likeness (QED) is 0.640. The molecule has 1 aliphatic rings. The number of carbonyl (C=O) groups excluding carboxylic acids is 2. The van der Waals surface area contributed by atoms with Crippen LogP contribution in [0.1, 0.15) is 19.3 Å². The Morgan fingerprint density at radius 2 is 2.11 bits per heavy atom. The molecule has 1 unspecified atom stereocenters. The minimum absolute atomic E-state index is 0.141. The Bertz CT molecular complexity index is 332. The Kier molecular flexibility index (Phi) is 5.41. The molecule has 0 spiro atoms. The predicted molar refractivity (Wildman–Crippen MR) is 64.0 cm³/mol. The van der Waals surface area contributed by atoms with Crippen molar-refractivity contribution in [1.29, 1.82) is 0 Å². The molecule has 0 aliphatic carbocycles. The van der Waals surface area contributed by atoms with E-state index in [1.165, 1.54) is 11.9 Å². The number of rotatable bonds is 4. The van der Waals surface area contributed by atoms with Crippen LogP contribution in [0.2, 0.25) is 0 Å². The second-order valence-corrected chi connectivity index (χ2v) is 4.28. The van der Waals surface area contributed by atoms with Crippen LogP contribution in [0.4, 0.5) is 4.79 Å². The molecule has 1 saturated heterocycles. The zero-order valence-electron chi connectivity index (χ0n) is 10.4. The van der Waals surface area contributed by atoms with Crippen molar-refractivity contribution in [3.63, 3.8) is 0 Å². The van der Waals surface area contributed by atoms with Gasteiger partial charge in [0.25, 0.3) is 0 Å². The molecule has 18 heavy (non-hydrogen) atoms. The smallest absolute Gasteiger partial charge is 0.317 e. The minimum Gasteiger partial charge on any atom is -0.481 e. The van der Waals surface area contributed by atoms with Gasteiger partial charge < -0.3 is 20.6 Å². The third-order valence-electron chi connectivity index (χ3n) is 2.96. The Labute approximate surface area is 106 Å². The number of aliphatic carboxylic acids is 1. The molecule has 3 amide bonds. The van der Waals surface area contributed by atoms with E-state index in [0.29, 0.717) is 19.4 Å². The molecule has 102 valence electrons. The van der Waals surface area contributed by atoms with Crippen LogP contribution in [0.25, 0.3) is 0 Å². The van der Waals surface area contributed by atoms with Crippen molar-refractivity contribution in [2.75, 3.05) is 26.7 Å². The monoisotopic (exact) mass is 257 g/mol. The van der Waals surface area contributed by atoms with Crippen LogP contribution in [0.15, 0.2) is 0 Å². The van der Waals surface area contributed by atoms with Gasteiger partial charge in [-0.15, -0.1) is 0 Å². The van der Waals surface area contributed by atoms with Crippen LogP contribution in [-0.4, -0.2) is 54.6 Å². The topological polar surface area (TPSA) is 98.7 Å². The number of amides is 3. The molecule has 1 fully saturated rings. The van der Waals surface area contributed by atoms with Gasteiger partial charge >= 0.3 is 12.0 Å². The number of carboxylic acids is 1. The summed E-state index contributed by atoms with van der Waals surface area (Å²) in [6.07, 6.45) is 1.52. The van der Waals surface area contributed by atoms with E-state index >= 15 is 0 Å². The van der Waals surface area contributed by atoms with Crippen LogP contribution >= 0.6 is 0 Å². The van der Waals surface area contributed by atoms with E-state index in [0.717, 1.165) is 0 Å². The molecule has 1 heterocycles. The van der Waals surface area contributed by atoms with Crippen LogP contribution < -0.4 is 10.6 Å². The van der Waals surface area contributed by atoms with Crippen molar-refractivity contribution in [2.24, 2.45) is 5.92 Å². The Hall–Kier alpha value is -1.79.